The Balaban J connectivity index is 0.00000220. The predicted octanol–water partition coefficient (Wildman–Crippen LogP) is 2.64. The van der Waals surface area contributed by atoms with Crippen LogP contribution < -0.4 is 15.4 Å². The van der Waals surface area contributed by atoms with Gasteiger partial charge in [0.25, 0.3) is 0 Å². The van der Waals surface area contributed by atoms with E-state index >= 15 is 0 Å². The van der Waals surface area contributed by atoms with Crippen LogP contribution in [0.4, 0.5) is 13.2 Å². The topological polar surface area (TPSA) is 45.6 Å². The second-order valence-electron chi connectivity index (χ2n) is 4.31. The second kappa shape index (κ2) is 8.30. The molecule has 2 rings (SSSR count). The summed E-state index contributed by atoms with van der Waals surface area (Å²) in [6.07, 6.45) is -3.34. The average molecular weight is 415 g/mol. The van der Waals surface area contributed by atoms with Gasteiger partial charge in [-0.25, -0.2) is 0 Å². The second-order valence-corrected chi connectivity index (χ2v) is 4.31. The Labute approximate surface area is 138 Å². The van der Waals surface area contributed by atoms with Crippen LogP contribution in [0.1, 0.15) is 12.0 Å². The van der Waals surface area contributed by atoms with Gasteiger partial charge in [0.1, 0.15) is 12.4 Å². The number of halogens is 4. The molecule has 0 saturated carbocycles. The standard InChI is InChI=1S/C13H16F3N3O.HI/c14-13(15,16)10-3-1-4-11(9-10)20-8-7-19-12-17-5-2-6-18-12;/h1,3-4,9H,2,5-8H2,(H2,17,18,19);1H. The molecule has 0 radical (unpaired) electrons. The van der Waals surface area contributed by atoms with E-state index in [2.05, 4.69) is 15.6 Å². The van der Waals surface area contributed by atoms with Crippen LogP contribution in [0.3, 0.4) is 0 Å². The van der Waals surface area contributed by atoms with Crippen molar-refractivity contribution in [2.45, 2.75) is 12.6 Å². The zero-order chi connectivity index (χ0) is 14.4. The van der Waals surface area contributed by atoms with Crippen molar-refractivity contribution in [1.29, 1.82) is 0 Å². The number of alkyl halides is 3. The van der Waals surface area contributed by atoms with Crippen LogP contribution >= 0.6 is 24.0 Å². The first-order chi connectivity index (χ1) is 9.55. The quantitative estimate of drug-likeness (QED) is 0.588. The highest BCUT2D eigenvalue weighted by Crippen LogP contribution is 2.31. The van der Waals surface area contributed by atoms with E-state index in [4.69, 9.17) is 4.74 Å². The molecule has 0 atom stereocenters. The van der Waals surface area contributed by atoms with E-state index in [-0.39, 0.29) is 36.3 Å². The number of benzene rings is 1. The van der Waals surface area contributed by atoms with Crippen molar-refractivity contribution in [3.63, 3.8) is 0 Å². The molecule has 1 aliphatic rings. The maximum Gasteiger partial charge on any atom is 0.416 e. The van der Waals surface area contributed by atoms with Crippen molar-refractivity contribution in [2.24, 2.45) is 4.99 Å². The molecule has 1 aromatic rings. The fourth-order valence-electron chi connectivity index (χ4n) is 1.75. The molecule has 8 heteroatoms. The van der Waals surface area contributed by atoms with Crippen molar-refractivity contribution in [3.05, 3.63) is 29.8 Å². The van der Waals surface area contributed by atoms with Gasteiger partial charge < -0.3 is 15.4 Å². The molecule has 0 unspecified atom stereocenters. The first kappa shape index (κ1) is 17.9. The van der Waals surface area contributed by atoms with Crippen LogP contribution in [0.15, 0.2) is 29.3 Å². The summed E-state index contributed by atoms with van der Waals surface area (Å²) >= 11 is 0. The maximum atomic E-state index is 12.5. The van der Waals surface area contributed by atoms with Crippen molar-refractivity contribution in [2.75, 3.05) is 26.2 Å². The first-order valence-electron chi connectivity index (χ1n) is 6.38. The monoisotopic (exact) mass is 415 g/mol. The number of hydrogen-bond acceptors (Lipinski definition) is 4. The van der Waals surface area contributed by atoms with E-state index in [1.165, 1.54) is 12.1 Å². The summed E-state index contributed by atoms with van der Waals surface area (Å²) in [6, 6.07) is 4.85. The lowest BCUT2D eigenvalue weighted by Crippen LogP contribution is -2.42. The van der Waals surface area contributed by atoms with E-state index in [9.17, 15) is 13.2 Å². The van der Waals surface area contributed by atoms with Crippen LogP contribution in [0, 0.1) is 0 Å². The number of nitrogens with one attached hydrogen (secondary N) is 2. The van der Waals surface area contributed by atoms with Crippen molar-refractivity contribution in [1.82, 2.24) is 10.6 Å². The number of ether oxygens (including phenoxy) is 1. The summed E-state index contributed by atoms with van der Waals surface area (Å²) in [5.74, 6) is 0.920. The number of nitrogens with zero attached hydrogens (tertiary/aromatic N) is 1. The molecule has 0 aliphatic carbocycles. The lowest BCUT2D eigenvalue weighted by molar-refractivity contribution is -0.137. The fourth-order valence-corrected chi connectivity index (χ4v) is 1.75. The van der Waals surface area contributed by atoms with Gasteiger partial charge in [0.2, 0.25) is 0 Å². The number of guanidine groups is 1. The van der Waals surface area contributed by atoms with Crippen LogP contribution in [-0.4, -0.2) is 32.2 Å². The third-order valence-electron chi connectivity index (χ3n) is 2.72. The van der Waals surface area contributed by atoms with Crippen molar-refractivity contribution < 1.29 is 17.9 Å². The Morgan fingerprint density at radius 1 is 1.33 bits per heavy atom. The highest BCUT2D eigenvalue weighted by Gasteiger charge is 2.30. The van der Waals surface area contributed by atoms with Crippen LogP contribution in [0.5, 0.6) is 5.75 Å². The summed E-state index contributed by atoms with van der Waals surface area (Å²) < 4.78 is 42.8. The smallest absolute Gasteiger partial charge is 0.416 e. The van der Waals surface area contributed by atoms with Crippen molar-refractivity contribution >= 4 is 29.9 Å². The summed E-state index contributed by atoms with van der Waals surface area (Å²) in [4.78, 5) is 4.21. The molecule has 1 heterocycles. The molecule has 0 bridgehead atoms. The molecule has 118 valence electrons. The lowest BCUT2D eigenvalue weighted by atomic mass is 10.2. The van der Waals surface area contributed by atoms with E-state index in [1.54, 1.807) is 0 Å². The number of aliphatic imine (C=N–C) groups is 1. The first-order valence-corrected chi connectivity index (χ1v) is 6.38. The Bertz CT molecular complexity index is 480. The van der Waals surface area contributed by atoms with Gasteiger partial charge in [0, 0.05) is 13.1 Å². The van der Waals surface area contributed by atoms with Gasteiger partial charge in [0.15, 0.2) is 5.96 Å². The van der Waals surface area contributed by atoms with Gasteiger partial charge >= 0.3 is 6.18 Å². The molecule has 0 fully saturated rings. The molecule has 0 aromatic heterocycles. The molecule has 0 saturated heterocycles. The normalized spacial score (nSPS) is 14.5. The molecular weight excluding hydrogens is 398 g/mol. The summed E-state index contributed by atoms with van der Waals surface area (Å²) in [6.45, 7) is 2.40. The van der Waals surface area contributed by atoms with Crippen molar-refractivity contribution in [3.8, 4) is 5.75 Å². The maximum absolute atomic E-state index is 12.5. The minimum atomic E-state index is -4.35. The lowest BCUT2D eigenvalue weighted by Gasteiger charge is -2.16. The van der Waals surface area contributed by atoms with E-state index in [0.717, 1.165) is 31.6 Å². The van der Waals surface area contributed by atoms with Gasteiger partial charge in [-0.05, 0) is 24.6 Å². The fraction of sp³-hybridized carbons (Fsp3) is 0.462. The van der Waals surface area contributed by atoms with Gasteiger partial charge in [-0.3, -0.25) is 4.99 Å². The van der Waals surface area contributed by atoms with Gasteiger partial charge in [0.05, 0.1) is 12.1 Å². The molecule has 21 heavy (non-hydrogen) atoms. The largest absolute Gasteiger partial charge is 0.492 e. The minimum Gasteiger partial charge on any atom is -0.492 e. The van der Waals surface area contributed by atoms with Crippen LogP contribution in [0.2, 0.25) is 0 Å². The van der Waals surface area contributed by atoms with Gasteiger partial charge in [-0.15, -0.1) is 24.0 Å². The summed E-state index contributed by atoms with van der Waals surface area (Å²) in [7, 11) is 0. The van der Waals surface area contributed by atoms with E-state index in [0.29, 0.717) is 12.5 Å². The van der Waals surface area contributed by atoms with Gasteiger partial charge in [-0.1, -0.05) is 6.07 Å². The zero-order valence-corrected chi connectivity index (χ0v) is 13.6. The zero-order valence-electron chi connectivity index (χ0n) is 11.2. The molecule has 0 spiro atoms. The third kappa shape index (κ3) is 5.98. The summed E-state index contributed by atoms with van der Waals surface area (Å²) in [5.41, 5.74) is -0.707. The van der Waals surface area contributed by atoms with E-state index in [1.807, 2.05) is 0 Å². The van der Waals surface area contributed by atoms with Crippen LogP contribution in [0.25, 0.3) is 0 Å². The third-order valence-corrected chi connectivity index (χ3v) is 2.72. The highest BCUT2D eigenvalue weighted by atomic mass is 127. The average Bonchev–Trinajstić information content (AvgIpc) is 2.44. The molecule has 0 amide bonds. The SMILES string of the molecule is FC(F)(F)c1cccc(OCCNC2=NCCCN2)c1.I. The summed E-state index contributed by atoms with van der Waals surface area (Å²) in [5, 5.41) is 6.11. The molecular formula is C13H17F3IN3O. The Kier molecular flexibility index (Phi) is 7.06. The predicted molar refractivity (Wildman–Crippen MR) is 85.3 cm³/mol. The number of rotatable bonds is 4. The molecule has 4 nitrogen and oxygen atoms in total. The Morgan fingerprint density at radius 2 is 2.14 bits per heavy atom. The molecule has 1 aromatic carbocycles. The van der Waals surface area contributed by atoms with Gasteiger partial charge in [-0.2, -0.15) is 13.2 Å². The Morgan fingerprint density at radius 3 is 2.81 bits per heavy atom. The molecule has 1 aliphatic heterocycles. The Hall–Kier alpha value is -1.19. The number of hydrogen-bond donors (Lipinski definition) is 2. The minimum absolute atomic E-state index is 0. The molecule has 2 N–H and O–H groups in total. The van der Waals surface area contributed by atoms with Crippen LogP contribution in [-0.2, 0) is 6.18 Å². The highest BCUT2D eigenvalue weighted by molar-refractivity contribution is 14.0. The van der Waals surface area contributed by atoms with E-state index < -0.39 is 11.7 Å².